The Bertz CT molecular complexity index is 920. The lowest BCUT2D eigenvalue weighted by molar-refractivity contribution is -0.142. The predicted octanol–water partition coefficient (Wildman–Crippen LogP) is 2.71. The molecule has 3 aromatic rings. The summed E-state index contributed by atoms with van der Waals surface area (Å²) in [7, 11) is 0. The standard InChI is InChI=1S/C17H13ClN4O4/c18-12-3-5-15(22-11-19-10-20-22)14(8-12)21-16(23)9-26-17(24)6-4-13-2-1-7-25-13/h1-8,10-11H,9H2,(H,21,23)/b6-4+. The second kappa shape index (κ2) is 8.13. The highest BCUT2D eigenvalue weighted by Gasteiger charge is 2.11. The molecule has 0 aliphatic rings. The molecule has 1 aromatic carbocycles. The van der Waals surface area contributed by atoms with E-state index in [1.807, 2.05) is 0 Å². The molecule has 2 aromatic heterocycles. The summed E-state index contributed by atoms with van der Waals surface area (Å²) in [5, 5.41) is 7.08. The van der Waals surface area contributed by atoms with Crippen LogP contribution in [0.3, 0.4) is 0 Å². The molecule has 0 spiro atoms. The monoisotopic (exact) mass is 372 g/mol. The van der Waals surface area contributed by atoms with Gasteiger partial charge in [-0.3, -0.25) is 4.79 Å². The topological polar surface area (TPSA) is 99.2 Å². The Morgan fingerprint density at radius 2 is 2.23 bits per heavy atom. The molecule has 1 amide bonds. The molecule has 8 nitrogen and oxygen atoms in total. The van der Waals surface area contributed by atoms with Gasteiger partial charge in [-0.15, -0.1) is 0 Å². The number of furan rings is 1. The highest BCUT2D eigenvalue weighted by Crippen LogP contribution is 2.23. The first kappa shape index (κ1) is 17.4. The zero-order chi connectivity index (χ0) is 18.4. The Morgan fingerprint density at radius 1 is 1.35 bits per heavy atom. The minimum Gasteiger partial charge on any atom is -0.465 e. The van der Waals surface area contributed by atoms with Gasteiger partial charge in [0, 0.05) is 11.1 Å². The Kier molecular flexibility index (Phi) is 5.45. The molecule has 0 saturated carbocycles. The number of aromatic nitrogens is 3. The van der Waals surface area contributed by atoms with E-state index in [9.17, 15) is 9.59 Å². The third kappa shape index (κ3) is 4.58. The second-order valence-corrected chi connectivity index (χ2v) is 5.44. The van der Waals surface area contributed by atoms with Gasteiger partial charge in [-0.2, -0.15) is 5.10 Å². The van der Waals surface area contributed by atoms with Gasteiger partial charge in [-0.05, 0) is 36.4 Å². The van der Waals surface area contributed by atoms with Crippen LogP contribution in [-0.4, -0.2) is 33.2 Å². The Hall–Kier alpha value is -3.39. The van der Waals surface area contributed by atoms with Crippen molar-refractivity contribution in [3.8, 4) is 5.69 Å². The Balaban J connectivity index is 1.60. The van der Waals surface area contributed by atoms with Crippen LogP contribution in [0.25, 0.3) is 11.8 Å². The number of anilines is 1. The average Bonchev–Trinajstić information content (AvgIpc) is 3.32. The van der Waals surface area contributed by atoms with Crippen LogP contribution in [0.1, 0.15) is 5.76 Å². The zero-order valence-corrected chi connectivity index (χ0v) is 14.1. The van der Waals surface area contributed by atoms with Crippen LogP contribution in [0.4, 0.5) is 5.69 Å². The van der Waals surface area contributed by atoms with E-state index >= 15 is 0 Å². The molecule has 1 N–H and O–H groups in total. The van der Waals surface area contributed by atoms with Gasteiger partial charge < -0.3 is 14.5 Å². The van der Waals surface area contributed by atoms with Crippen LogP contribution < -0.4 is 5.32 Å². The number of carbonyl (C=O) groups is 2. The molecule has 0 atom stereocenters. The molecule has 0 fully saturated rings. The first-order valence-electron chi connectivity index (χ1n) is 7.44. The summed E-state index contributed by atoms with van der Waals surface area (Å²) in [6, 6.07) is 8.28. The van der Waals surface area contributed by atoms with Gasteiger partial charge in [-0.1, -0.05) is 11.6 Å². The van der Waals surface area contributed by atoms with Crippen molar-refractivity contribution in [2.24, 2.45) is 0 Å². The molecule has 26 heavy (non-hydrogen) atoms. The average molecular weight is 373 g/mol. The number of hydrogen-bond acceptors (Lipinski definition) is 6. The lowest BCUT2D eigenvalue weighted by atomic mass is 10.2. The first-order valence-corrected chi connectivity index (χ1v) is 7.82. The highest BCUT2D eigenvalue weighted by molar-refractivity contribution is 6.31. The van der Waals surface area contributed by atoms with Crippen molar-refractivity contribution in [3.05, 3.63) is 66.1 Å². The summed E-state index contributed by atoms with van der Waals surface area (Å²) in [6.07, 6.45) is 6.95. The van der Waals surface area contributed by atoms with E-state index in [1.54, 1.807) is 30.3 Å². The number of rotatable bonds is 6. The molecule has 0 radical (unpaired) electrons. The van der Waals surface area contributed by atoms with Crippen LogP contribution >= 0.6 is 11.6 Å². The fourth-order valence-corrected chi connectivity index (χ4v) is 2.22. The molecular weight excluding hydrogens is 360 g/mol. The van der Waals surface area contributed by atoms with Gasteiger partial charge in [0.1, 0.15) is 18.4 Å². The molecule has 0 aliphatic heterocycles. The summed E-state index contributed by atoms with van der Waals surface area (Å²) in [5.74, 6) is -0.685. The van der Waals surface area contributed by atoms with E-state index in [-0.39, 0.29) is 0 Å². The maximum Gasteiger partial charge on any atom is 0.331 e. The van der Waals surface area contributed by atoms with E-state index in [2.05, 4.69) is 15.4 Å². The first-order chi connectivity index (χ1) is 12.6. The third-order valence-electron chi connectivity index (χ3n) is 3.17. The molecule has 2 heterocycles. The van der Waals surface area contributed by atoms with E-state index in [4.69, 9.17) is 20.8 Å². The van der Waals surface area contributed by atoms with Crippen LogP contribution in [-0.2, 0) is 14.3 Å². The molecule has 3 rings (SSSR count). The van der Waals surface area contributed by atoms with Gasteiger partial charge >= 0.3 is 5.97 Å². The number of carbonyl (C=O) groups excluding carboxylic acids is 2. The van der Waals surface area contributed by atoms with Crippen molar-refractivity contribution in [2.45, 2.75) is 0 Å². The number of nitrogens with one attached hydrogen (secondary N) is 1. The number of esters is 1. The fourth-order valence-electron chi connectivity index (χ4n) is 2.05. The normalized spacial score (nSPS) is 10.8. The van der Waals surface area contributed by atoms with Gasteiger partial charge in [0.2, 0.25) is 0 Å². The Morgan fingerprint density at radius 3 is 2.96 bits per heavy atom. The van der Waals surface area contributed by atoms with Crippen molar-refractivity contribution in [2.75, 3.05) is 11.9 Å². The SMILES string of the molecule is O=C(COC(=O)/C=C/c1ccco1)Nc1cc(Cl)ccc1-n1cncn1. The molecular formula is C17H13ClN4O4. The summed E-state index contributed by atoms with van der Waals surface area (Å²) in [4.78, 5) is 27.6. The second-order valence-electron chi connectivity index (χ2n) is 5.01. The summed E-state index contributed by atoms with van der Waals surface area (Å²) in [5.41, 5.74) is 0.986. The van der Waals surface area contributed by atoms with Crippen molar-refractivity contribution >= 4 is 35.2 Å². The van der Waals surface area contributed by atoms with E-state index < -0.39 is 18.5 Å². The molecule has 0 bridgehead atoms. The van der Waals surface area contributed by atoms with E-state index in [0.717, 1.165) is 0 Å². The molecule has 0 aliphatic carbocycles. The van der Waals surface area contributed by atoms with Crippen molar-refractivity contribution in [3.63, 3.8) is 0 Å². The third-order valence-corrected chi connectivity index (χ3v) is 3.41. The molecule has 0 unspecified atom stereocenters. The lowest BCUT2D eigenvalue weighted by Crippen LogP contribution is -2.21. The number of amides is 1. The minimum absolute atomic E-state index is 0.412. The molecule has 9 heteroatoms. The summed E-state index contributed by atoms with van der Waals surface area (Å²) >= 11 is 5.98. The summed E-state index contributed by atoms with van der Waals surface area (Å²) < 4.78 is 11.4. The largest absolute Gasteiger partial charge is 0.465 e. The summed E-state index contributed by atoms with van der Waals surface area (Å²) in [6.45, 7) is -0.454. The van der Waals surface area contributed by atoms with Gasteiger partial charge in [0.05, 0.1) is 17.6 Å². The van der Waals surface area contributed by atoms with Crippen molar-refractivity contribution in [1.29, 1.82) is 0 Å². The van der Waals surface area contributed by atoms with Crippen LogP contribution in [0.2, 0.25) is 5.02 Å². The van der Waals surface area contributed by atoms with Crippen molar-refractivity contribution in [1.82, 2.24) is 14.8 Å². The van der Waals surface area contributed by atoms with Gasteiger partial charge in [0.25, 0.3) is 5.91 Å². The Labute approximate surface area is 153 Å². The number of ether oxygens (including phenoxy) is 1. The zero-order valence-electron chi connectivity index (χ0n) is 13.3. The number of hydrogen-bond donors (Lipinski definition) is 1. The number of nitrogens with zero attached hydrogens (tertiary/aromatic N) is 3. The highest BCUT2D eigenvalue weighted by atomic mass is 35.5. The maximum atomic E-state index is 12.1. The van der Waals surface area contributed by atoms with Gasteiger partial charge in [-0.25, -0.2) is 14.5 Å². The number of benzene rings is 1. The van der Waals surface area contributed by atoms with E-state index in [0.29, 0.717) is 22.2 Å². The lowest BCUT2D eigenvalue weighted by Gasteiger charge is -2.11. The molecule has 0 saturated heterocycles. The minimum atomic E-state index is -0.667. The molecule has 132 valence electrons. The van der Waals surface area contributed by atoms with Crippen LogP contribution in [0.15, 0.2) is 59.7 Å². The fraction of sp³-hybridized carbons (Fsp3) is 0.0588. The number of halogens is 1. The van der Waals surface area contributed by atoms with E-state index in [1.165, 1.54) is 35.8 Å². The van der Waals surface area contributed by atoms with Crippen LogP contribution in [0.5, 0.6) is 0 Å². The van der Waals surface area contributed by atoms with Crippen LogP contribution in [0, 0.1) is 0 Å². The quantitative estimate of drug-likeness (QED) is 0.527. The van der Waals surface area contributed by atoms with Gasteiger partial charge in [0.15, 0.2) is 6.61 Å². The smallest absolute Gasteiger partial charge is 0.331 e. The predicted molar refractivity (Wildman–Crippen MR) is 93.7 cm³/mol. The van der Waals surface area contributed by atoms with Crippen molar-refractivity contribution < 1.29 is 18.7 Å². The maximum absolute atomic E-state index is 12.1.